The van der Waals surface area contributed by atoms with Gasteiger partial charge in [0.25, 0.3) is 0 Å². The van der Waals surface area contributed by atoms with E-state index in [-0.39, 0.29) is 17.8 Å². The molecule has 1 aromatic carbocycles. The van der Waals surface area contributed by atoms with Gasteiger partial charge in [0.2, 0.25) is 5.91 Å². The molecule has 1 aromatic heterocycles. The average molecular weight is 370 g/mol. The monoisotopic (exact) mass is 370 g/mol. The molecule has 1 amide bonds. The number of fused-ring (bicyclic) bond motifs is 1. The zero-order chi connectivity index (χ0) is 19.4. The third kappa shape index (κ3) is 3.87. The quantitative estimate of drug-likeness (QED) is 0.751. The fourth-order valence-electron chi connectivity index (χ4n) is 4.12. The number of amides is 1. The van der Waals surface area contributed by atoms with Gasteiger partial charge in [0, 0.05) is 36.6 Å². The van der Waals surface area contributed by atoms with Crippen molar-refractivity contribution < 1.29 is 14.3 Å². The van der Waals surface area contributed by atoms with E-state index in [2.05, 4.69) is 17.1 Å². The van der Waals surface area contributed by atoms with Crippen LogP contribution in [0.15, 0.2) is 30.5 Å². The van der Waals surface area contributed by atoms with Gasteiger partial charge < -0.3 is 14.6 Å². The van der Waals surface area contributed by atoms with Crippen molar-refractivity contribution in [2.75, 3.05) is 19.7 Å². The summed E-state index contributed by atoms with van der Waals surface area (Å²) in [6, 6.07) is 8.23. The summed E-state index contributed by atoms with van der Waals surface area (Å²) in [6.45, 7) is 7.42. The smallest absolute Gasteiger partial charge is 0.314 e. The molecule has 0 radical (unpaired) electrons. The number of aromatic amines is 1. The van der Waals surface area contributed by atoms with Crippen molar-refractivity contribution >= 4 is 22.8 Å². The lowest BCUT2D eigenvalue weighted by molar-refractivity contribution is -0.157. The number of benzene rings is 1. The summed E-state index contributed by atoms with van der Waals surface area (Å²) in [5.74, 6) is 0.135. The van der Waals surface area contributed by atoms with Gasteiger partial charge in [-0.05, 0) is 43.7 Å². The van der Waals surface area contributed by atoms with E-state index in [0.29, 0.717) is 32.5 Å². The molecule has 1 N–H and O–H groups in total. The van der Waals surface area contributed by atoms with Crippen molar-refractivity contribution in [3.05, 3.63) is 36.0 Å². The number of carbonyl (C=O) groups excluding carboxylic acids is 2. The van der Waals surface area contributed by atoms with Gasteiger partial charge in [-0.25, -0.2) is 0 Å². The van der Waals surface area contributed by atoms with Crippen LogP contribution < -0.4 is 0 Å². The molecule has 0 aliphatic carbocycles. The molecule has 1 fully saturated rings. The highest BCUT2D eigenvalue weighted by Gasteiger charge is 2.49. The minimum Gasteiger partial charge on any atom is -0.466 e. The van der Waals surface area contributed by atoms with Crippen LogP contribution in [-0.4, -0.2) is 41.5 Å². The molecule has 2 aromatic rings. The number of hydrogen-bond donors (Lipinski definition) is 1. The van der Waals surface area contributed by atoms with Crippen LogP contribution in [0.1, 0.15) is 45.6 Å². The van der Waals surface area contributed by atoms with E-state index in [1.54, 1.807) is 0 Å². The number of esters is 1. The Labute approximate surface area is 161 Å². The highest BCUT2D eigenvalue weighted by molar-refractivity contribution is 5.83. The van der Waals surface area contributed by atoms with Gasteiger partial charge in [-0.1, -0.05) is 32.0 Å². The molecule has 2 heterocycles. The van der Waals surface area contributed by atoms with Crippen molar-refractivity contribution in [3.63, 3.8) is 0 Å². The predicted octanol–water partition coefficient (Wildman–Crippen LogP) is 3.93. The first-order chi connectivity index (χ1) is 13.0. The molecule has 1 saturated heterocycles. The first-order valence-corrected chi connectivity index (χ1v) is 9.98. The fourth-order valence-corrected chi connectivity index (χ4v) is 4.12. The van der Waals surface area contributed by atoms with E-state index in [1.807, 2.05) is 44.0 Å². The molecular weight excluding hydrogens is 340 g/mol. The molecule has 5 heteroatoms. The van der Waals surface area contributed by atoms with Crippen molar-refractivity contribution in [2.45, 2.75) is 46.5 Å². The van der Waals surface area contributed by atoms with Crippen LogP contribution in [0.3, 0.4) is 0 Å². The maximum atomic E-state index is 12.7. The summed E-state index contributed by atoms with van der Waals surface area (Å²) < 4.78 is 5.31. The highest BCUT2D eigenvalue weighted by Crippen LogP contribution is 2.39. The number of aryl methyl sites for hydroxylation is 1. The Balaban J connectivity index is 1.56. The third-order valence-electron chi connectivity index (χ3n) is 5.95. The van der Waals surface area contributed by atoms with E-state index >= 15 is 0 Å². The van der Waals surface area contributed by atoms with Gasteiger partial charge in [-0.2, -0.15) is 0 Å². The molecule has 3 rings (SSSR count). The predicted molar refractivity (Wildman–Crippen MR) is 106 cm³/mol. The number of hydrogen-bond acceptors (Lipinski definition) is 3. The number of carbonyl (C=O) groups is 2. The van der Waals surface area contributed by atoms with Gasteiger partial charge in [0.15, 0.2) is 0 Å². The molecule has 146 valence electrons. The summed E-state index contributed by atoms with van der Waals surface area (Å²) in [6.07, 6.45) is 4.92. The summed E-state index contributed by atoms with van der Waals surface area (Å²) in [5.41, 5.74) is 1.83. The van der Waals surface area contributed by atoms with Gasteiger partial charge in [-0.3, -0.25) is 9.59 Å². The molecule has 5 nitrogen and oxygen atoms in total. The van der Waals surface area contributed by atoms with E-state index in [4.69, 9.17) is 4.74 Å². The lowest BCUT2D eigenvalue weighted by atomic mass is 9.76. The number of rotatable bonds is 7. The van der Waals surface area contributed by atoms with Crippen molar-refractivity contribution in [3.8, 4) is 0 Å². The van der Waals surface area contributed by atoms with Crippen LogP contribution in [0, 0.1) is 11.3 Å². The Bertz CT molecular complexity index is 811. The van der Waals surface area contributed by atoms with E-state index in [0.717, 1.165) is 18.4 Å². The second kappa shape index (κ2) is 8.15. The summed E-state index contributed by atoms with van der Waals surface area (Å²) in [4.78, 5) is 30.3. The molecule has 0 bridgehead atoms. The van der Waals surface area contributed by atoms with E-state index < -0.39 is 5.41 Å². The topological polar surface area (TPSA) is 62.4 Å². The van der Waals surface area contributed by atoms with Gasteiger partial charge in [0.05, 0.1) is 12.0 Å². The maximum Gasteiger partial charge on any atom is 0.314 e. The largest absolute Gasteiger partial charge is 0.466 e. The lowest BCUT2D eigenvalue weighted by Crippen LogP contribution is -2.41. The third-order valence-corrected chi connectivity index (χ3v) is 5.95. The van der Waals surface area contributed by atoms with Crippen LogP contribution in [0.2, 0.25) is 0 Å². The maximum absolute atomic E-state index is 12.7. The Hall–Kier alpha value is -2.30. The Kier molecular flexibility index (Phi) is 5.88. The van der Waals surface area contributed by atoms with Gasteiger partial charge >= 0.3 is 5.97 Å². The highest BCUT2D eigenvalue weighted by atomic mass is 16.5. The van der Waals surface area contributed by atoms with Gasteiger partial charge in [-0.15, -0.1) is 0 Å². The Morgan fingerprint density at radius 2 is 2.07 bits per heavy atom. The van der Waals surface area contributed by atoms with E-state index in [9.17, 15) is 9.59 Å². The molecule has 0 spiro atoms. The van der Waals surface area contributed by atoms with Crippen LogP contribution in [0.25, 0.3) is 10.9 Å². The second-order valence-electron chi connectivity index (χ2n) is 7.81. The number of H-pyrrole nitrogens is 1. The zero-order valence-electron chi connectivity index (χ0n) is 16.6. The molecule has 0 saturated carbocycles. The second-order valence-corrected chi connectivity index (χ2v) is 7.81. The molecule has 0 unspecified atom stereocenters. The summed E-state index contributed by atoms with van der Waals surface area (Å²) >= 11 is 0. The Morgan fingerprint density at radius 3 is 2.81 bits per heavy atom. The van der Waals surface area contributed by atoms with Crippen LogP contribution >= 0.6 is 0 Å². The van der Waals surface area contributed by atoms with Crippen LogP contribution in [-0.2, 0) is 20.7 Å². The number of likely N-dealkylation sites (tertiary alicyclic amines) is 1. The van der Waals surface area contributed by atoms with Crippen molar-refractivity contribution in [1.82, 2.24) is 9.88 Å². The van der Waals surface area contributed by atoms with Crippen molar-refractivity contribution in [2.24, 2.45) is 11.3 Å². The summed E-state index contributed by atoms with van der Waals surface area (Å²) in [5, 5.41) is 1.23. The Morgan fingerprint density at radius 1 is 1.30 bits per heavy atom. The normalized spacial score (nSPS) is 19.8. The standard InChI is InChI=1S/C22H30N2O3/c1-4-27-21(26)22(16(2)3)12-13-24(15-22)20(25)11-7-8-17-14-23-19-10-6-5-9-18(17)19/h5-6,9-10,14,16,23H,4,7-8,11-13,15H2,1-3H3/t22-/m0/s1. The number of nitrogens with zero attached hydrogens (tertiary/aromatic N) is 1. The lowest BCUT2D eigenvalue weighted by Gasteiger charge is -2.30. The van der Waals surface area contributed by atoms with Crippen LogP contribution in [0.5, 0.6) is 0 Å². The zero-order valence-corrected chi connectivity index (χ0v) is 16.6. The number of ether oxygens (including phenoxy) is 1. The van der Waals surface area contributed by atoms with Crippen LogP contribution in [0.4, 0.5) is 0 Å². The van der Waals surface area contributed by atoms with E-state index in [1.165, 1.54) is 10.9 Å². The molecule has 27 heavy (non-hydrogen) atoms. The minimum absolute atomic E-state index is 0.140. The van der Waals surface area contributed by atoms with Crippen molar-refractivity contribution in [1.29, 1.82) is 0 Å². The first-order valence-electron chi connectivity index (χ1n) is 9.98. The number of nitrogens with one attached hydrogen (secondary N) is 1. The van der Waals surface area contributed by atoms with Gasteiger partial charge in [0.1, 0.15) is 0 Å². The first kappa shape index (κ1) is 19.5. The fraction of sp³-hybridized carbons (Fsp3) is 0.545. The molecule has 1 aliphatic rings. The SMILES string of the molecule is CCOC(=O)[C@@]1(C(C)C)CCN(C(=O)CCCc2c[nH]c3ccccc23)C1. The molecular formula is C22H30N2O3. The number of aromatic nitrogens is 1. The summed E-state index contributed by atoms with van der Waals surface area (Å²) in [7, 11) is 0. The average Bonchev–Trinajstić information content (AvgIpc) is 3.28. The molecule has 1 atom stereocenters. The number of para-hydroxylation sites is 1. The minimum atomic E-state index is -0.553. The molecule has 1 aliphatic heterocycles.